The smallest absolute Gasteiger partial charge is 0.274 e. The van der Waals surface area contributed by atoms with Crippen LogP contribution in [0.3, 0.4) is 0 Å². The highest BCUT2D eigenvalue weighted by Gasteiger charge is 2.07. The first-order valence-corrected chi connectivity index (χ1v) is 6.13. The Kier molecular flexibility index (Phi) is 3.81. The van der Waals surface area contributed by atoms with E-state index in [4.69, 9.17) is 23.2 Å². The molecule has 0 aliphatic heterocycles. The van der Waals surface area contributed by atoms with Gasteiger partial charge in [0.05, 0.1) is 18.6 Å². The van der Waals surface area contributed by atoms with Crippen LogP contribution in [0.25, 0.3) is 0 Å². The van der Waals surface area contributed by atoms with Gasteiger partial charge in [-0.1, -0.05) is 23.2 Å². The zero-order valence-electron chi connectivity index (χ0n) is 8.40. The third-order valence-electron chi connectivity index (χ3n) is 2.06. The molecular weight excluding hydrogens is 329 g/mol. The first-order chi connectivity index (χ1) is 8.08. The predicted octanol–water partition coefficient (Wildman–Crippen LogP) is 2.76. The van der Waals surface area contributed by atoms with Crippen LogP contribution in [-0.2, 0) is 6.54 Å². The second-order valence-electron chi connectivity index (χ2n) is 3.25. The van der Waals surface area contributed by atoms with E-state index in [1.165, 1.54) is 10.9 Å². The fourth-order valence-electron chi connectivity index (χ4n) is 1.23. The van der Waals surface area contributed by atoms with Gasteiger partial charge in [-0.3, -0.25) is 14.3 Å². The van der Waals surface area contributed by atoms with Crippen LogP contribution >= 0.6 is 39.1 Å². The Balaban J connectivity index is 2.34. The molecule has 2 aromatic rings. The van der Waals surface area contributed by atoms with Crippen molar-refractivity contribution >= 4 is 39.1 Å². The van der Waals surface area contributed by atoms with E-state index < -0.39 is 0 Å². The molecule has 2 aromatic heterocycles. The molecule has 0 aliphatic carbocycles. The van der Waals surface area contributed by atoms with E-state index in [1.807, 2.05) is 6.07 Å². The van der Waals surface area contributed by atoms with E-state index in [0.29, 0.717) is 6.54 Å². The lowest BCUT2D eigenvalue weighted by atomic mass is 10.3. The van der Waals surface area contributed by atoms with Crippen molar-refractivity contribution in [3.05, 3.63) is 55.4 Å². The number of rotatable bonds is 2. The molecule has 7 heteroatoms. The Hall–Kier alpha value is -0.910. The third kappa shape index (κ3) is 2.86. The molecule has 0 fully saturated rings. The molecule has 0 saturated carbocycles. The average molecular weight is 335 g/mol. The molecule has 0 saturated heterocycles. The Morgan fingerprint density at radius 3 is 2.71 bits per heavy atom. The molecule has 0 unspecified atom stereocenters. The number of halogens is 3. The molecule has 0 radical (unpaired) electrons. The minimum Gasteiger partial charge on any atom is -0.292 e. The lowest BCUT2D eigenvalue weighted by Crippen LogP contribution is -2.22. The largest absolute Gasteiger partial charge is 0.292 e. The number of nitrogens with zero attached hydrogens (tertiary/aromatic N) is 3. The number of hydrogen-bond donors (Lipinski definition) is 0. The second-order valence-corrected chi connectivity index (χ2v) is 4.90. The van der Waals surface area contributed by atoms with Gasteiger partial charge in [0, 0.05) is 10.7 Å². The topological polar surface area (TPSA) is 47.8 Å². The molecule has 17 heavy (non-hydrogen) atoms. The van der Waals surface area contributed by atoms with Crippen molar-refractivity contribution in [3.63, 3.8) is 0 Å². The van der Waals surface area contributed by atoms with Crippen molar-refractivity contribution in [3.8, 4) is 0 Å². The van der Waals surface area contributed by atoms with Crippen LogP contribution < -0.4 is 5.56 Å². The number of aromatic nitrogens is 3. The molecule has 88 valence electrons. The molecule has 0 N–H and O–H groups in total. The van der Waals surface area contributed by atoms with Crippen LogP contribution in [0.1, 0.15) is 5.69 Å². The Labute approximate surface area is 115 Å². The summed E-state index contributed by atoms with van der Waals surface area (Å²) in [4.78, 5) is 19.7. The van der Waals surface area contributed by atoms with Gasteiger partial charge >= 0.3 is 0 Å². The first kappa shape index (κ1) is 12.5. The SMILES string of the molecule is O=c1c(Cl)c(Cl)ncn1Cc1ccc(Br)cn1. The summed E-state index contributed by atoms with van der Waals surface area (Å²) >= 11 is 14.6. The lowest BCUT2D eigenvalue weighted by molar-refractivity contribution is 0.719. The quantitative estimate of drug-likeness (QED) is 0.793. The zero-order chi connectivity index (χ0) is 12.4. The van der Waals surface area contributed by atoms with Crippen molar-refractivity contribution in [1.29, 1.82) is 0 Å². The van der Waals surface area contributed by atoms with E-state index in [-0.39, 0.29) is 15.7 Å². The summed E-state index contributed by atoms with van der Waals surface area (Å²) in [5.74, 6) is 0. The molecule has 0 atom stereocenters. The van der Waals surface area contributed by atoms with Gasteiger partial charge in [-0.2, -0.15) is 0 Å². The van der Waals surface area contributed by atoms with Crippen molar-refractivity contribution in [1.82, 2.24) is 14.5 Å². The van der Waals surface area contributed by atoms with Crippen molar-refractivity contribution < 1.29 is 0 Å². The van der Waals surface area contributed by atoms with E-state index in [0.717, 1.165) is 10.2 Å². The maximum absolute atomic E-state index is 11.7. The second kappa shape index (κ2) is 5.16. The molecule has 2 heterocycles. The van der Waals surface area contributed by atoms with Crippen molar-refractivity contribution in [2.45, 2.75) is 6.54 Å². The molecule has 2 rings (SSSR count). The maximum atomic E-state index is 11.7. The molecular formula is C10H6BrCl2N3O. The van der Waals surface area contributed by atoms with Crippen LogP contribution in [0, 0.1) is 0 Å². The van der Waals surface area contributed by atoms with Gasteiger partial charge in [-0.05, 0) is 28.1 Å². The van der Waals surface area contributed by atoms with Crippen LogP contribution in [0.4, 0.5) is 0 Å². The first-order valence-electron chi connectivity index (χ1n) is 4.59. The molecule has 4 nitrogen and oxygen atoms in total. The highest BCUT2D eigenvalue weighted by atomic mass is 79.9. The van der Waals surface area contributed by atoms with E-state index >= 15 is 0 Å². The van der Waals surface area contributed by atoms with Gasteiger partial charge < -0.3 is 0 Å². The highest BCUT2D eigenvalue weighted by Crippen LogP contribution is 2.13. The van der Waals surface area contributed by atoms with Gasteiger partial charge in [0.15, 0.2) is 5.15 Å². The van der Waals surface area contributed by atoms with Crippen LogP contribution in [0.15, 0.2) is 33.9 Å². The molecule has 0 amide bonds. The summed E-state index contributed by atoms with van der Waals surface area (Å²) in [6.07, 6.45) is 3.01. The van der Waals surface area contributed by atoms with Crippen LogP contribution in [-0.4, -0.2) is 14.5 Å². The Morgan fingerprint density at radius 2 is 2.06 bits per heavy atom. The monoisotopic (exact) mass is 333 g/mol. The molecule has 0 aromatic carbocycles. The van der Waals surface area contributed by atoms with E-state index in [1.54, 1.807) is 12.3 Å². The minimum atomic E-state index is -0.378. The summed E-state index contributed by atoms with van der Waals surface area (Å²) in [5, 5.41) is -0.0667. The maximum Gasteiger partial charge on any atom is 0.274 e. The van der Waals surface area contributed by atoms with Gasteiger partial charge in [0.25, 0.3) is 5.56 Å². The fourth-order valence-corrected chi connectivity index (χ4v) is 1.75. The fraction of sp³-hybridized carbons (Fsp3) is 0.100. The van der Waals surface area contributed by atoms with Gasteiger partial charge in [-0.15, -0.1) is 0 Å². The Bertz CT molecular complexity index is 597. The minimum absolute atomic E-state index is 0.0108. The summed E-state index contributed by atoms with van der Waals surface area (Å²) in [6.45, 7) is 0.302. The van der Waals surface area contributed by atoms with Crippen LogP contribution in [0.5, 0.6) is 0 Å². The van der Waals surface area contributed by atoms with Gasteiger partial charge in [0.2, 0.25) is 0 Å². The van der Waals surface area contributed by atoms with Crippen LogP contribution in [0.2, 0.25) is 10.2 Å². The molecule has 0 spiro atoms. The van der Waals surface area contributed by atoms with E-state index in [9.17, 15) is 4.79 Å². The predicted molar refractivity (Wildman–Crippen MR) is 69.6 cm³/mol. The Morgan fingerprint density at radius 1 is 1.29 bits per heavy atom. The number of pyridine rings is 1. The zero-order valence-corrected chi connectivity index (χ0v) is 11.5. The van der Waals surface area contributed by atoms with Gasteiger partial charge in [0.1, 0.15) is 5.02 Å². The molecule has 0 bridgehead atoms. The summed E-state index contributed by atoms with van der Waals surface area (Å²) in [5.41, 5.74) is 0.354. The van der Waals surface area contributed by atoms with Gasteiger partial charge in [-0.25, -0.2) is 4.98 Å². The van der Waals surface area contributed by atoms with E-state index in [2.05, 4.69) is 25.9 Å². The summed E-state index contributed by atoms with van der Waals surface area (Å²) < 4.78 is 2.23. The summed E-state index contributed by atoms with van der Waals surface area (Å²) in [7, 11) is 0. The highest BCUT2D eigenvalue weighted by molar-refractivity contribution is 9.10. The lowest BCUT2D eigenvalue weighted by Gasteiger charge is -2.05. The summed E-state index contributed by atoms with van der Waals surface area (Å²) in [6, 6.07) is 3.65. The normalized spacial score (nSPS) is 10.5. The standard InChI is InChI=1S/C10H6BrCl2N3O/c11-6-1-2-7(14-3-6)4-16-5-15-9(13)8(12)10(16)17/h1-3,5H,4H2. The average Bonchev–Trinajstić information content (AvgIpc) is 2.33. The molecule has 0 aliphatic rings. The number of hydrogen-bond acceptors (Lipinski definition) is 3. The third-order valence-corrected chi connectivity index (χ3v) is 3.25. The van der Waals surface area contributed by atoms with Crippen molar-refractivity contribution in [2.24, 2.45) is 0 Å². The van der Waals surface area contributed by atoms with Crippen molar-refractivity contribution in [2.75, 3.05) is 0 Å².